The lowest BCUT2D eigenvalue weighted by molar-refractivity contribution is 0.125. The topological polar surface area (TPSA) is 18.5 Å². The van der Waals surface area contributed by atoms with Crippen molar-refractivity contribution in [3.8, 4) is 0 Å². The molecule has 0 radical (unpaired) electrons. The molecule has 1 aromatic carbocycles. The van der Waals surface area contributed by atoms with E-state index in [-0.39, 0.29) is 0 Å². The van der Waals surface area contributed by atoms with E-state index in [2.05, 4.69) is 32.0 Å². The van der Waals surface area contributed by atoms with Crippen molar-refractivity contribution in [2.24, 2.45) is 0 Å². The Morgan fingerprint density at radius 2 is 1.71 bits per heavy atom. The van der Waals surface area contributed by atoms with Crippen LogP contribution in [0.4, 0.5) is 0 Å². The largest absolute Gasteiger partial charge is 0.494 e. The van der Waals surface area contributed by atoms with Gasteiger partial charge in [-0.2, -0.15) is 0 Å². The lowest BCUT2D eigenvalue weighted by Crippen LogP contribution is -2.07. The van der Waals surface area contributed by atoms with Crippen LogP contribution in [0.3, 0.4) is 0 Å². The molecule has 0 unspecified atom stereocenters. The Morgan fingerprint density at radius 3 is 2.29 bits per heavy atom. The molecule has 0 fully saturated rings. The Morgan fingerprint density at radius 1 is 1.00 bits per heavy atom. The number of hydrogen-bond acceptors (Lipinski definition) is 2. The van der Waals surface area contributed by atoms with Gasteiger partial charge in [0.05, 0.1) is 0 Å². The average molecular weight is 190 g/mol. The Kier molecular flexibility index (Phi) is 2.44. The molecule has 0 bridgehead atoms. The predicted molar refractivity (Wildman–Crippen MR) is 55.8 cm³/mol. The van der Waals surface area contributed by atoms with E-state index in [1.54, 1.807) is 6.26 Å². The van der Waals surface area contributed by atoms with Crippen LogP contribution in [0.15, 0.2) is 24.5 Å². The minimum Gasteiger partial charge on any atom is -0.494 e. The highest BCUT2D eigenvalue weighted by Gasteiger charge is 2.08. The summed E-state index contributed by atoms with van der Waals surface area (Å²) in [6.45, 7) is 5.45. The van der Waals surface area contributed by atoms with Gasteiger partial charge in [-0.05, 0) is 26.0 Å². The second kappa shape index (κ2) is 3.74. The Hall–Kier alpha value is -1.44. The normalized spacial score (nSPS) is 15.4. The van der Waals surface area contributed by atoms with E-state index in [9.17, 15) is 0 Å². The Balaban J connectivity index is 2.35. The summed E-state index contributed by atoms with van der Waals surface area (Å²) in [4.78, 5) is 0. The molecule has 0 saturated heterocycles. The lowest BCUT2D eigenvalue weighted by atomic mass is 10.1. The Bertz CT molecular complexity index is 346. The van der Waals surface area contributed by atoms with E-state index in [0.29, 0.717) is 13.2 Å². The fourth-order valence-corrected chi connectivity index (χ4v) is 1.64. The molecule has 0 aliphatic carbocycles. The van der Waals surface area contributed by atoms with E-state index in [1.165, 1.54) is 11.1 Å². The summed E-state index contributed by atoms with van der Waals surface area (Å²) in [7, 11) is 0. The van der Waals surface area contributed by atoms with Crippen LogP contribution in [-0.4, -0.2) is 13.2 Å². The molecule has 1 aliphatic rings. The van der Waals surface area contributed by atoms with Gasteiger partial charge in [0.15, 0.2) is 5.76 Å². The van der Waals surface area contributed by atoms with Crippen molar-refractivity contribution in [2.45, 2.75) is 13.8 Å². The lowest BCUT2D eigenvalue weighted by Gasteiger charge is -2.16. The molecule has 1 aromatic rings. The monoisotopic (exact) mass is 190 g/mol. The first-order valence-electron chi connectivity index (χ1n) is 4.79. The van der Waals surface area contributed by atoms with Crippen molar-refractivity contribution in [1.82, 2.24) is 0 Å². The van der Waals surface area contributed by atoms with E-state index in [0.717, 1.165) is 11.3 Å². The van der Waals surface area contributed by atoms with Crippen LogP contribution in [0.5, 0.6) is 0 Å². The van der Waals surface area contributed by atoms with Crippen molar-refractivity contribution >= 4 is 5.76 Å². The molecule has 0 spiro atoms. The van der Waals surface area contributed by atoms with Gasteiger partial charge in [-0.1, -0.05) is 17.2 Å². The summed E-state index contributed by atoms with van der Waals surface area (Å²) < 4.78 is 10.7. The second-order valence-corrected chi connectivity index (χ2v) is 3.58. The molecule has 1 aliphatic heterocycles. The standard InChI is InChI=1S/C12H14O2/c1-9-5-10(2)7-11(6-9)12-8-13-3-4-14-12/h5-8H,3-4H2,1-2H3. The molecule has 2 nitrogen and oxygen atoms in total. The molecule has 74 valence electrons. The number of benzene rings is 1. The van der Waals surface area contributed by atoms with Crippen LogP contribution in [0.1, 0.15) is 16.7 Å². The summed E-state index contributed by atoms with van der Waals surface area (Å²) in [6, 6.07) is 6.36. The molecule has 0 aromatic heterocycles. The highest BCUT2D eigenvalue weighted by Crippen LogP contribution is 2.21. The quantitative estimate of drug-likeness (QED) is 0.677. The van der Waals surface area contributed by atoms with Gasteiger partial charge >= 0.3 is 0 Å². The summed E-state index contributed by atoms with van der Waals surface area (Å²) in [5.74, 6) is 0.836. The van der Waals surface area contributed by atoms with Gasteiger partial charge in [-0.25, -0.2) is 0 Å². The van der Waals surface area contributed by atoms with Crippen LogP contribution in [-0.2, 0) is 9.47 Å². The van der Waals surface area contributed by atoms with Crippen LogP contribution in [0, 0.1) is 13.8 Å². The molecule has 14 heavy (non-hydrogen) atoms. The second-order valence-electron chi connectivity index (χ2n) is 3.58. The number of rotatable bonds is 1. The van der Waals surface area contributed by atoms with Gasteiger partial charge in [0.25, 0.3) is 0 Å². The van der Waals surface area contributed by atoms with Crippen LogP contribution in [0.2, 0.25) is 0 Å². The predicted octanol–water partition coefficient (Wildman–Crippen LogP) is 2.65. The van der Waals surface area contributed by atoms with E-state index in [1.807, 2.05) is 0 Å². The van der Waals surface area contributed by atoms with Crippen LogP contribution < -0.4 is 0 Å². The van der Waals surface area contributed by atoms with Crippen LogP contribution in [0.25, 0.3) is 5.76 Å². The zero-order chi connectivity index (χ0) is 9.97. The van der Waals surface area contributed by atoms with Gasteiger partial charge in [0, 0.05) is 5.56 Å². The van der Waals surface area contributed by atoms with Gasteiger partial charge in [0.2, 0.25) is 0 Å². The molecule has 0 atom stereocenters. The first-order chi connectivity index (χ1) is 6.75. The maximum Gasteiger partial charge on any atom is 0.161 e. The number of hydrogen-bond donors (Lipinski definition) is 0. The van der Waals surface area contributed by atoms with Gasteiger partial charge < -0.3 is 9.47 Å². The maximum atomic E-state index is 5.51. The highest BCUT2D eigenvalue weighted by atomic mass is 16.6. The van der Waals surface area contributed by atoms with Crippen molar-refractivity contribution in [3.63, 3.8) is 0 Å². The zero-order valence-corrected chi connectivity index (χ0v) is 8.54. The third-order valence-corrected chi connectivity index (χ3v) is 2.16. The number of aryl methyl sites for hydroxylation is 2. The summed E-state index contributed by atoms with van der Waals surface area (Å²) in [5.41, 5.74) is 3.59. The third-order valence-electron chi connectivity index (χ3n) is 2.16. The van der Waals surface area contributed by atoms with Crippen molar-refractivity contribution < 1.29 is 9.47 Å². The SMILES string of the molecule is Cc1cc(C)cc(C2=COCCO2)c1. The minimum absolute atomic E-state index is 0.638. The molecule has 0 N–H and O–H groups in total. The fourth-order valence-electron chi connectivity index (χ4n) is 1.64. The molecular formula is C12H14O2. The van der Waals surface area contributed by atoms with E-state index >= 15 is 0 Å². The highest BCUT2D eigenvalue weighted by molar-refractivity contribution is 5.60. The molecular weight excluding hydrogens is 176 g/mol. The molecule has 0 saturated carbocycles. The Labute approximate surface area is 84.2 Å². The molecule has 0 amide bonds. The molecule has 1 heterocycles. The van der Waals surface area contributed by atoms with Gasteiger partial charge in [0.1, 0.15) is 19.5 Å². The third kappa shape index (κ3) is 1.90. The van der Waals surface area contributed by atoms with Crippen molar-refractivity contribution in [2.75, 3.05) is 13.2 Å². The molecule has 2 rings (SSSR count). The summed E-state index contributed by atoms with van der Waals surface area (Å²) in [6.07, 6.45) is 1.69. The first kappa shape index (κ1) is 9.13. The van der Waals surface area contributed by atoms with E-state index in [4.69, 9.17) is 9.47 Å². The first-order valence-corrected chi connectivity index (χ1v) is 4.79. The van der Waals surface area contributed by atoms with Crippen molar-refractivity contribution in [3.05, 3.63) is 41.2 Å². The van der Waals surface area contributed by atoms with Crippen molar-refractivity contribution in [1.29, 1.82) is 0 Å². The molecule has 2 heteroatoms. The minimum atomic E-state index is 0.638. The van der Waals surface area contributed by atoms with E-state index < -0.39 is 0 Å². The smallest absolute Gasteiger partial charge is 0.161 e. The number of ether oxygens (including phenoxy) is 2. The van der Waals surface area contributed by atoms with Gasteiger partial charge in [-0.15, -0.1) is 0 Å². The maximum absolute atomic E-state index is 5.51. The average Bonchev–Trinajstić information content (AvgIpc) is 2.18. The fraction of sp³-hybridized carbons (Fsp3) is 0.333. The summed E-state index contributed by atoms with van der Waals surface area (Å²) in [5, 5.41) is 0. The summed E-state index contributed by atoms with van der Waals surface area (Å²) >= 11 is 0. The van der Waals surface area contributed by atoms with Gasteiger partial charge in [-0.3, -0.25) is 0 Å². The van der Waals surface area contributed by atoms with Crippen LogP contribution >= 0.6 is 0 Å². The zero-order valence-electron chi connectivity index (χ0n) is 8.54.